The molecule has 0 amide bonds. The van der Waals surface area contributed by atoms with Crippen LogP contribution in [0.25, 0.3) is 0 Å². The first-order chi connectivity index (χ1) is 11.8. The average Bonchev–Trinajstić information content (AvgIpc) is 2.54. The van der Waals surface area contributed by atoms with Crippen molar-refractivity contribution in [3.8, 4) is 0 Å². The molecule has 5 heteroatoms. The van der Waals surface area contributed by atoms with E-state index >= 15 is 0 Å². The summed E-state index contributed by atoms with van der Waals surface area (Å²) in [4.78, 5) is 0. The van der Waals surface area contributed by atoms with Crippen LogP contribution in [-0.4, -0.2) is 53.1 Å². The summed E-state index contributed by atoms with van der Waals surface area (Å²) in [6.07, 6.45) is 6.21. The molecule has 25 heavy (non-hydrogen) atoms. The van der Waals surface area contributed by atoms with Gasteiger partial charge in [0.2, 0.25) is 0 Å². The van der Waals surface area contributed by atoms with Crippen molar-refractivity contribution in [1.82, 2.24) is 0 Å². The number of rotatable bonds is 9. The van der Waals surface area contributed by atoms with E-state index in [-0.39, 0.29) is 6.61 Å². The number of hydrogen-bond donors (Lipinski definition) is 3. The molecule has 1 aliphatic heterocycles. The van der Waals surface area contributed by atoms with Gasteiger partial charge in [0.25, 0.3) is 0 Å². The first-order valence-electron chi connectivity index (χ1n) is 9.03. The fraction of sp³-hybridized carbons (Fsp3) is 0.700. The highest BCUT2D eigenvalue weighted by Gasteiger charge is 2.37. The van der Waals surface area contributed by atoms with Gasteiger partial charge in [0, 0.05) is 0 Å². The van der Waals surface area contributed by atoms with E-state index in [0.29, 0.717) is 6.61 Å². The van der Waals surface area contributed by atoms with Crippen LogP contribution in [0.15, 0.2) is 34.9 Å². The van der Waals surface area contributed by atoms with Crippen LogP contribution < -0.4 is 0 Å². The summed E-state index contributed by atoms with van der Waals surface area (Å²) in [6.45, 7) is 8.72. The maximum Gasteiger partial charge on any atom is 0.186 e. The molecule has 0 aliphatic carbocycles. The topological polar surface area (TPSA) is 79.2 Å². The van der Waals surface area contributed by atoms with Gasteiger partial charge in [-0.25, -0.2) is 0 Å². The molecule has 5 nitrogen and oxygen atoms in total. The van der Waals surface area contributed by atoms with E-state index in [1.165, 1.54) is 16.7 Å². The molecular formula is C20H34O5. The summed E-state index contributed by atoms with van der Waals surface area (Å²) in [5, 5.41) is 28.8. The SMILES string of the molecule is CC(C)=CCCC(C)=CCCC(C)=CCO[C@H]1OC[C@@H](O)[C@H](O)[C@H]1O. The molecule has 0 saturated carbocycles. The van der Waals surface area contributed by atoms with Crippen molar-refractivity contribution in [3.05, 3.63) is 34.9 Å². The summed E-state index contributed by atoms with van der Waals surface area (Å²) < 4.78 is 10.6. The Bertz CT molecular complexity index is 476. The summed E-state index contributed by atoms with van der Waals surface area (Å²) in [7, 11) is 0. The quantitative estimate of drug-likeness (QED) is 0.555. The van der Waals surface area contributed by atoms with Gasteiger partial charge in [-0.05, 0) is 53.4 Å². The Hall–Kier alpha value is -0.980. The predicted octanol–water partition coefficient (Wildman–Crippen LogP) is 2.86. The smallest absolute Gasteiger partial charge is 0.186 e. The highest BCUT2D eigenvalue weighted by Crippen LogP contribution is 2.17. The molecule has 1 rings (SSSR count). The molecule has 0 aromatic heterocycles. The first kappa shape index (κ1) is 22.1. The molecule has 0 radical (unpaired) electrons. The van der Waals surface area contributed by atoms with E-state index in [0.717, 1.165) is 25.7 Å². The second-order valence-electron chi connectivity index (χ2n) is 7.04. The highest BCUT2D eigenvalue weighted by molar-refractivity contribution is 5.05. The zero-order valence-electron chi connectivity index (χ0n) is 15.9. The molecule has 0 aromatic carbocycles. The van der Waals surface area contributed by atoms with E-state index < -0.39 is 24.6 Å². The summed E-state index contributed by atoms with van der Waals surface area (Å²) in [6, 6.07) is 0. The van der Waals surface area contributed by atoms with Crippen LogP contribution in [0.1, 0.15) is 53.4 Å². The maximum absolute atomic E-state index is 9.79. The minimum Gasteiger partial charge on any atom is -0.388 e. The van der Waals surface area contributed by atoms with Crippen LogP contribution in [0.5, 0.6) is 0 Å². The van der Waals surface area contributed by atoms with E-state index in [1.807, 2.05) is 13.0 Å². The van der Waals surface area contributed by atoms with Gasteiger partial charge in [0.15, 0.2) is 6.29 Å². The standard InChI is InChI=1S/C20H34O5/c1-14(2)7-5-8-15(3)9-6-10-16(4)11-12-24-20-19(23)18(22)17(21)13-25-20/h7,9,11,17-23H,5-6,8,10,12-13H2,1-4H3/t17-,18+,19-,20+/m1/s1. The van der Waals surface area contributed by atoms with E-state index in [9.17, 15) is 15.3 Å². The Labute approximate surface area is 151 Å². The molecule has 1 fully saturated rings. The van der Waals surface area contributed by atoms with Crippen molar-refractivity contribution >= 4 is 0 Å². The summed E-state index contributed by atoms with van der Waals surface area (Å²) in [5.41, 5.74) is 3.98. The molecule has 1 aliphatic rings. The number of ether oxygens (including phenoxy) is 2. The Kier molecular flexibility index (Phi) is 10.2. The highest BCUT2D eigenvalue weighted by atomic mass is 16.7. The second kappa shape index (κ2) is 11.6. The molecule has 0 spiro atoms. The van der Waals surface area contributed by atoms with Gasteiger partial charge in [0.1, 0.15) is 18.3 Å². The lowest BCUT2D eigenvalue weighted by atomic mass is 10.1. The minimum absolute atomic E-state index is 0.0393. The second-order valence-corrected chi connectivity index (χ2v) is 7.04. The van der Waals surface area contributed by atoms with E-state index in [4.69, 9.17) is 9.47 Å². The van der Waals surface area contributed by atoms with Crippen molar-refractivity contribution < 1.29 is 24.8 Å². The normalized spacial score (nSPS) is 28.1. The first-order valence-corrected chi connectivity index (χ1v) is 9.03. The Morgan fingerprint density at radius 1 is 0.920 bits per heavy atom. The number of hydrogen-bond acceptors (Lipinski definition) is 5. The number of aliphatic hydroxyl groups excluding tert-OH is 3. The van der Waals surface area contributed by atoms with Gasteiger partial charge in [-0.15, -0.1) is 0 Å². The number of aliphatic hydroxyl groups is 3. The molecule has 1 saturated heterocycles. The van der Waals surface area contributed by atoms with Crippen molar-refractivity contribution in [2.24, 2.45) is 0 Å². The monoisotopic (exact) mass is 354 g/mol. The van der Waals surface area contributed by atoms with Crippen LogP contribution in [-0.2, 0) is 9.47 Å². The molecule has 0 aromatic rings. The predicted molar refractivity (Wildman–Crippen MR) is 99.1 cm³/mol. The van der Waals surface area contributed by atoms with E-state index in [1.54, 1.807) is 0 Å². The Balaban J connectivity index is 2.26. The fourth-order valence-corrected chi connectivity index (χ4v) is 2.55. The van der Waals surface area contributed by atoms with Crippen LogP contribution in [0, 0.1) is 0 Å². The zero-order valence-corrected chi connectivity index (χ0v) is 15.9. The zero-order chi connectivity index (χ0) is 18.8. The van der Waals surface area contributed by atoms with Gasteiger partial charge < -0.3 is 24.8 Å². The third-order valence-electron chi connectivity index (χ3n) is 4.27. The lowest BCUT2D eigenvalue weighted by Crippen LogP contribution is -2.53. The molecule has 144 valence electrons. The molecule has 4 atom stereocenters. The van der Waals surface area contributed by atoms with Crippen molar-refractivity contribution in [1.29, 1.82) is 0 Å². The molecule has 0 bridgehead atoms. The van der Waals surface area contributed by atoms with Crippen molar-refractivity contribution in [2.45, 2.75) is 78.0 Å². The van der Waals surface area contributed by atoms with Crippen molar-refractivity contribution in [2.75, 3.05) is 13.2 Å². The molecular weight excluding hydrogens is 320 g/mol. The van der Waals surface area contributed by atoms with Crippen LogP contribution in [0.2, 0.25) is 0 Å². The van der Waals surface area contributed by atoms with E-state index in [2.05, 4.69) is 32.9 Å². The average molecular weight is 354 g/mol. The van der Waals surface area contributed by atoms with Crippen LogP contribution in [0.4, 0.5) is 0 Å². The van der Waals surface area contributed by atoms with Gasteiger partial charge in [-0.2, -0.15) is 0 Å². The molecule has 1 heterocycles. The minimum atomic E-state index is -1.23. The van der Waals surface area contributed by atoms with Gasteiger partial charge in [-0.3, -0.25) is 0 Å². The lowest BCUT2D eigenvalue weighted by molar-refractivity contribution is -0.266. The Morgan fingerprint density at radius 2 is 1.52 bits per heavy atom. The summed E-state index contributed by atoms with van der Waals surface area (Å²) in [5.74, 6) is 0. The third kappa shape index (κ3) is 8.79. The molecule has 0 unspecified atom stereocenters. The third-order valence-corrected chi connectivity index (χ3v) is 4.27. The molecule has 3 N–H and O–H groups in total. The number of allylic oxidation sites excluding steroid dienone is 5. The van der Waals surface area contributed by atoms with Gasteiger partial charge in [0.05, 0.1) is 13.2 Å². The van der Waals surface area contributed by atoms with Gasteiger partial charge >= 0.3 is 0 Å². The fourth-order valence-electron chi connectivity index (χ4n) is 2.55. The van der Waals surface area contributed by atoms with Crippen LogP contribution in [0.3, 0.4) is 0 Å². The largest absolute Gasteiger partial charge is 0.388 e. The van der Waals surface area contributed by atoms with Crippen molar-refractivity contribution in [3.63, 3.8) is 0 Å². The lowest BCUT2D eigenvalue weighted by Gasteiger charge is -2.34. The maximum atomic E-state index is 9.79. The Morgan fingerprint density at radius 3 is 2.16 bits per heavy atom. The summed E-state index contributed by atoms with van der Waals surface area (Å²) >= 11 is 0. The van der Waals surface area contributed by atoms with Gasteiger partial charge in [-0.1, -0.05) is 34.9 Å². The van der Waals surface area contributed by atoms with Crippen LogP contribution >= 0.6 is 0 Å².